The van der Waals surface area contributed by atoms with Crippen LogP contribution in [-0.4, -0.2) is 89.8 Å². The maximum absolute atomic E-state index is 13.1. The molecule has 3 aliphatic rings. The highest BCUT2D eigenvalue weighted by Crippen LogP contribution is 2.33. The molecule has 242 valence electrons. The molecule has 0 saturated carbocycles. The number of nitrogens with two attached hydrogens (primary N) is 3. The van der Waals surface area contributed by atoms with E-state index in [2.05, 4.69) is 25.1 Å². The second kappa shape index (κ2) is 14.0. The first-order valence-electron chi connectivity index (χ1n) is 13.7. The van der Waals surface area contributed by atoms with Gasteiger partial charge in [0.25, 0.3) is 11.8 Å². The van der Waals surface area contributed by atoms with Crippen molar-refractivity contribution in [3.8, 4) is 5.75 Å². The maximum atomic E-state index is 13.1. The highest BCUT2D eigenvalue weighted by atomic mass is 32.3. The average molecular weight is 656 g/mol. The molecule has 0 aromatic heterocycles. The van der Waals surface area contributed by atoms with E-state index in [1.165, 1.54) is 25.6 Å². The van der Waals surface area contributed by atoms with E-state index in [9.17, 15) is 18.0 Å². The minimum Gasteiger partial charge on any atom is -0.490 e. The lowest BCUT2D eigenvalue weighted by Crippen LogP contribution is -2.77. The standard InChI is InChI=1S/C25H37N9O8S2/c1-25(2)20(22(36)34(25)42-44(37,38)39)31-21(35)19(18-14-43-24(28)30-18)32-41-10-9-40-17-6-5-15-12-33(13-16(15)11-17)23(27)29-8-4-3-7-26/h5-6,11,14,20,24,30H,3-4,7-10,12-13,26,28H2,1-2H3,(H2,27,29)(H,31,35)(H,37,38,39)/b32-19-/t20-,24?/m1/s1. The number of benzene rings is 1. The van der Waals surface area contributed by atoms with Crippen molar-refractivity contribution in [2.24, 2.45) is 27.3 Å². The van der Waals surface area contributed by atoms with Crippen LogP contribution in [0.15, 0.2) is 39.5 Å². The second-order valence-electron chi connectivity index (χ2n) is 10.6. The smallest absolute Gasteiger partial charge is 0.418 e. The summed E-state index contributed by atoms with van der Waals surface area (Å²) in [6.07, 6.45) is 1.79. The number of carbonyl (C=O) groups is 2. The predicted molar refractivity (Wildman–Crippen MR) is 162 cm³/mol. The largest absolute Gasteiger partial charge is 0.490 e. The van der Waals surface area contributed by atoms with Gasteiger partial charge in [0.15, 0.2) is 18.3 Å². The van der Waals surface area contributed by atoms with Crippen molar-refractivity contribution in [2.75, 3.05) is 26.3 Å². The maximum Gasteiger partial charge on any atom is 0.418 e. The second-order valence-corrected chi connectivity index (χ2v) is 12.6. The molecule has 19 heteroatoms. The Labute approximate surface area is 259 Å². The number of thioether (sulfide) groups is 1. The minimum absolute atomic E-state index is 0.0152. The number of guanidine groups is 1. The molecule has 4 rings (SSSR count). The van der Waals surface area contributed by atoms with Gasteiger partial charge in [0, 0.05) is 25.0 Å². The van der Waals surface area contributed by atoms with Gasteiger partial charge < -0.3 is 42.3 Å². The van der Waals surface area contributed by atoms with Crippen molar-refractivity contribution in [3.63, 3.8) is 0 Å². The molecule has 2 atom stereocenters. The van der Waals surface area contributed by atoms with Gasteiger partial charge in [-0.1, -0.05) is 23.0 Å². The summed E-state index contributed by atoms with van der Waals surface area (Å²) in [5, 5.41) is 11.4. The van der Waals surface area contributed by atoms with Crippen LogP contribution in [0, 0.1) is 0 Å². The Balaban J connectivity index is 1.31. The van der Waals surface area contributed by atoms with Crippen molar-refractivity contribution in [2.45, 2.75) is 56.9 Å². The third-order valence-electron chi connectivity index (χ3n) is 6.93. The van der Waals surface area contributed by atoms with Gasteiger partial charge in [-0.3, -0.25) is 19.1 Å². The highest BCUT2D eigenvalue weighted by Gasteiger charge is 2.58. The van der Waals surface area contributed by atoms with Gasteiger partial charge in [0.1, 0.15) is 23.9 Å². The van der Waals surface area contributed by atoms with Crippen LogP contribution < -0.4 is 32.6 Å². The molecule has 3 heterocycles. The molecule has 2 amide bonds. The summed E-state index contributed by atoms with van der Waals surface area (Å²) in [7, 11) is -4.94. The third kappa shape index (κ3) is 8.10. The number of unbranched alkanes of at least 4 members (excludes halogenated alkanes) is 1. The number of rotatable bonds is 14. The Kier molecular flexibility index (Phi) is 10.6. The van der Waals surface area contributed by atoms with Crippen LogP contribution in [0.3, 0.4) is 0 Å². The SMILES string of the molecule is CC1(C)[C@H](NC(=O)/C(=N\OCCOc2ccc3c(c2)CN(C(N)=NCCCCN)C3)C2=CSC(N)N2)C(=O)N1OS(=O)(=O)O. The van der Waals surface area contributed by atoms with Crippen LogP contribution in [0.2, 0.25) is 0 Å². The average Bonchev–Trinajstić information content (AvgIpc) is 3.59. The fraction of sp³-hybridized carbons (Fsp3) is 0.520. The van der Waals surface area contributed by atoms with Crippen molar-refractivity contribution in [1.82, 2.24) is 20.6 Å². The number of hydrogen-bond acceptors (Lipinski definition) is 13. The lowest BCUT2D eigenvalue weighted by molar-refractivity contribution is -0.218. The van der Waals surface area contributed by atoms with E-state index in [0.717, 1.165) is 24.0 Å². The van der Waals surface area contributed by atoms with E-state index in [-0.39, 0.29) is 24.6 Å². The molecular formula is C25H37N9O8S2. The molecule has 1 saturated heterocycles. The summed E-state index contributed by atoms with van der Waals surface area (Å²) in [5.41, 5.74) is 18.0. The van der Waals surface area contributed by atoms with Gasteiger partial charge in [-0.2, -0.15) is 13.5 Å². The monoisotopic (exact) mass is 655 g/mol. The number of nitrogens with one attached hydrogen (secondary N) is 2. The topological polar surface area (TPSA) is 250 Å². The number of fused-ring (bicyclic) bond motifs is 1. The molecule has 1 unspecified atom stereocenters. The molecule has 1 aromatic carbocycles. The van der Waals surface area contributed by atoms with E-state index in [0.29, 0.717) is 43.0 Å². The predicted octanol–water partition coefficient (Wildman–Crippen LogP) is -0.933. The number of hydroxylamine groups is 2. The Morgan fingerprint density at radius 3 is 2.66 bits per heavy atom. The number of nitrogens with zero attached hydrogens (tertiary/aromatic N) is 4. The van der Waals surface area contributed by atoms with E-state index in [1.807, 2.05) is 23.1 Å². The number of oxime groups is 1. The number of amides is 2. The number of aliphatic imine (C=N–C) groups is 1. The fourth-order valence-corrected chi connectivity index (χ4v) is 5.71. The summed E-state index contributed by atoms with van der Waals surface area (Å²) in [6, 6.07) is 4.56. The summed E-state index contributed by atoms with van der Waals surface area (Å²) in [4.78, 5) is 37.4. The van der Waals surface area contributed by atoms with Gasteiger partial charge in [0.2, 0.25) is 0 Å². The van der Waals surface area contributed by atoms with Gasteiger partial charge in [-0.15, -0.1) is 4.28 Å². The van der Waals surface area contributed by atoms with Crippen LogP contribution in [0.25, 0.3) is 0 Å². The van der Waals surface area contributed by atoms with E-state index >= 15 is 0 Å². The van der Waals surface area contributed by atoms with E-state index in [1.54, 1.807) is 5.41 Å². The van der Waals surface area contributed by atoms with Crippen LogP contribution in [0.5, 0.6) is 5.75 Å². The van der Waals surface area contributed by atoms with Crippen LogP contribution in [0.1, 0.15) is 37.8 Å². The summed E-state index contributed by atoms with van der Waals surface area (Å²) < 4.78 is 41.2. The normalized spacial score (nSPS) is 21.4. The summed E-state index contributed by atoms with van der Waals surface area (Å²) >= 11 is 1.21. The first kappa shape index (κ1) is 33.3. The van der Waals surface area contributed by atoms with Gasteiger partial charge >= 0.3 is 10.4 Å². The highest BCUT2D eigenvalue weighted by molar-refractivity contribution is 8.02. The van der Waals surface area contributed by atoms with Crippen LogP contribution in [-0.2, 0) is 42.2 Å². The van der Waals surface area contributed by atoms with Crippen LogP contribution in [0.4, 0.5) is 0 Å². The Hall–Kier alpha value is -3.62. The van der Waals surface area contributed by atoms with Crippen molar-refractivity contribution in [3.05, 3.63) is 40.4 Å². The zero-order chi connectivity index (χ0) is 32.1. The van der Waals surface area contributed by atoms with E-state index in [4.69, 9.17) is 31.3 Å². The van der Waals surface area contributed by atoms with Crippen molar-refractivity contribution in [1.29, 1.82) is 0 Å². The van der Waals surface area contributed by atoms with Gasteiger partial charge in [-0.25, -0.2) is 0 Å². The lowest BCUT2D eigenvalue weighted by Gasteiger charge is -2.50. The molecule has 1 fully saturated rings. The molecular weight excluding hydrogens is 618 g/mol. The molecule has 0 aliphatic carbocycles. The van der Waals surface area contributed by atoms with Crippen LogP contribution >= 0.6 is 11.8 Å². The molecule has 17 nitrogen and oxygen atoms in total. The van der Waals surface area contributed by atoms with Gasteiger partial charge in [-0.05, 0) is 56.5 Å². The molecule has 3 aliphatic heterocycles. The van der Waals surface area contributed by atoms with Crippen molar-refractivity contribution < 1.29 is 36.4 Å². The first-order valence-corrected chi connectivity index (χ1v) is 16.0. The molecule has 1 aromatic rings. The first-order chi connectivity index (χ1) is 20.8. The molecule has 9 N–H and O–H groups in total. The molecule has 44 heavy (non-hydrogen) atoms. The minimum atomic E-state index is -4.94. The quantitative estimate of drug-likeness (QED) is 0.0354. The number of β-lactam (4-membered cyclic amide) rings is 1. The number of ether oxygens (including phenoxy) is 1. The van der Waals surface area contributed by atoms with Crippen molar-refractivity contribution >= 4 is 45.6 Å². The number of carbonyl (C=O) groups excluding carboxylic acids is 2. The lowest BCUT2D eigenvalue weighted by atomic mass is 9.84. The molecule has 0 bridgehead atoms. The summed E-state index contributed by atoms with van der Waals surface area (Å²) in [6.45, 7) is 5.52. The zero-order valence-corrected chi connectivity index (χ0v) is 25.9. The van der Waals surface area contributed by atoms with Gasteiger partial charge in [0.05, 0.1) is 11.2 Å². The fourth-order valence-electron chi connectivity index (χ4n) is 4.60. The molecule has 0 radical (unpaired) electrons. The Morgan fingerprint density at radius 2 is 2.00 bits per heavy atom. The third-order valence-corrected chi connectivity index (χ3v) is 8.05. The number of hydrogen-bond donors (Lipinski definition) is 6. The zero-order valence-electron chi connectivity index (χ0n) is 24.3. The van der Waals surface area contributed by atoms with E-state index < -0.39 is 39.3 Å². The summed E-state index contributed by atoms with van der Waals surface area (Å²) in [5.74, 6) is -0.557. The Bertz CT molecular complexity index is 1450. The Morgan fingerprint density at radius 1 is 1.25 bits per heavy atom. The molecule has 0 spiro atoms.